The zero-order valence-corrected chi connectivity index (χ0v) is 22.0. The molecule has 9 rings (SSSR count). The van der Waals surface area contributed by atoms with Gasteiger partial charge in [0.25, 0.3) is 0 Å². The fraction of sp³-hybridized carbons (Fsp3) is 0.600. The normalized spacial score (nSPS) is 46.5. The Hall–Kier alpha value is -2.84. The number of esters is 2. The van der Waals surface area contributed by atoms with Gasteiger partial charge in [-0.25, -0.2) is 4.79 Å². The van der Waals surface area contributed by atoms with E-state index in [0.717, 1.165) is 0 Å². The average Bonchev–Trinajstić information content (AvgIpc) is 2.87. The molecule has 8 aliphatic rings. The first-order valence-electron chi connectivity index (χ1n) is 13.6. The summed E-state index contributed by atoms with van der Waals surface area (Å²) in [6.45, 7) is 8.29. The second kappa shape index (κ2) is 7.63. The molecular weight excluding hydrogens is 486 g/mol. The Kier molecular flexibility index (Phi) is 4.86. The Morgan fingerprint density at radius 1 is 1.00 bits per heavy atom. The number of benzene rings is 1. The maximum Gasteiger partial charge on any atom is 0.338 e. The summed E-state index contributed by atoms with van der Waals surface area (Å²) in [7, 11) is 2.01. The monoisotopic (exact) mass is 519 g/mol. The molecule has 7 bridgehead atoms. The molecule has 0 aromatic heterocycles. The summed E-state index contributed by atoms with van der Waals surface area (Å²) in [6.07, 6.45) is -0.449. The largest absolute Gasteiger partial charge is 0.454 e. The third-order valence-electron chi connectivity index (χ3n) is 11.0. The van der Waals surface area contributed by atoms with Crippen molar-refractivity contribution < 1.29 is 33.4 Å². The Morgan fingerprint density at radius 3 is 2.42 bits per heavy atom. The Bertz CT molecular complexity index is 1290. The topological polar surface area (TPSA) is 99.2 Å². The van der Waals surface area contributed by atoms with Crippen molar-refractivity contribution in [3.8, 4) is 0 Å². The smallest absolute Gasteiger partial charge is 0.338 e. The van der Waals surface area contributed by atoms with E-state index in [1.165, 1.54) is 6.92 Å². The lowest BCUT2D eigenvalue weighted by atomic mass is 9.32. The Morgan fingerprint density at radius 2 is 1.71 bits per heavy atom. The molecule has 3 aliphatic heterocycles. The molecule has 1 aromatic rings. The lowest BCUT2D eigenvalue weighted by Crippen LogP contribution is -2.85. The van der Waals surface area contributed by atoms with Crippen LogP contribution in [-0.4, -0.2) is 66.5 Å². The van der Waals surface area contributed by atoms with Crippen LogP contribution in [0.25, 0.3) is 0 Å². The predicted octanol–water partition coefficient (Wildman–Crippen LogP) is 2.95. The summed E-state index contributed by atoms with van der Waals surface area (Å²) in [5, 5.41) is 0. The highest BCUT2D eigenvalue weighted by molar-refractivity contribution is 5.92. The fourth-order valence-corrected chi connectivity index (χ4v) is 10.0. The highest BCUT2D eigenvalue weighted by Gasteiger charge is 2.82. The van der Waals surface area contributed by atoms with Gasteiger partial charge in [-0.05, 0) is 49.4 Å². The van der Waals surface area contributed by atoms with Gasteiger partial charge in [-0.1, -0.05) is 31.7 Å². The number of ketones is 2. The van der Waals surface area contributed by atoms with E-state index in [1.54, 1.807) is 24.3 Å². The van der Waals surface area contributed by atoms with E-state index in [9.17, 15) is 19.2 Å². The summed E-state index contributed by atoms with van der Waals surface area (Å²) in [4.78, 5) is 54.7. The molecule has 2 spiro atoms. The van der Waals surface area contributed by atoms with Crippen molar-refractivity contribution >= 4 is 23.5 Å². The number of hydrogen-bond donors (Lipinski definition) is 0. The Labute approximate surface area is 221 Å². The Balaban J connectivity index is 1.35. The minimum Gasteiger partial charge on any atom is -0.454 e. The zero-order valence-electron chi connectivity index (χ0n) is 22.0. The molecule has 8 fully saturated rings. The number of carbonyl (C=O) groups excluding carboxylic acids is 4. The lowest BCUT2D eigenvalue weighted by Gasteiger charge is -2.79. The van der Waals surface area contributed by atoms with E-state index < -0.39 is 46.3 Å². The lowest BCUT2D eigenvalue weighted by molar-refractivity contribution is -0.397. The molecule has 38 heavy (non-hydrogen) atoms. The van der Waals surface area contributed by atoms with Gasteiger partial charge in [0, 0.05) is 48.5 Å². The molecule has 3 saturated heterocycles. The maximum atomic E-state index is 13.8. The van der Waals surface area contributed by atoms with Crippen LogP contribution in [-0.2, 0) is 28.6 Å². The number of fused-ring (bicyclic) bond motifs is 2. The minimum atomic E-state index is -0.807. The fourth-order valence-electron chi connectivity index (χ4n) is 10.0. The number of nitrogens with zero attached hydrogens (tertiary/aromatic N) is 1. The molecule has 10 atom stereocenters. The van der Waals surface area contributed by atoms with E-state index >= 15 is 0 Å². The summed E-state index contributed by atoms with van der Waals surface area (Å²) < 4.78 is 18.8. The molecular formula is C30H33NO7. The molecule has 3 heterocycles. The standard InChI is InChI=1S/C30H33NO7/c1-15-18-10-22-29-13-20(34)25(36-16(2)32)28(3)14-31(4)27(29)37-23(11-21(28)29)30(22,12-19(18)33)24(15)38-26(35)17-8-6-5-7-9-17/h5-9,18,21-25,27H,1,10-14H2,2-4H3/t18-,21+,22-,23+,24-,25+,27?,28-,29-,30+/m0/s1. The minimum absolute atomic E-state index is 0.0661. The van der Waals surface area contributed by atoms with Crippen LogP contribution >= 0.6 is 0 Å². The van der Waals surface area contributed by atoms with Crippen molar-refractivity contribution in [1.29, 1.82) is 0 Å². The average molecular weight is 520 g/mol. The highest BCUT2D eigenvalue weighted by atomic mass is 16.6. The number of Topliss-reactive ketones (excluding diaryl/α,β-unsaturated/α-hetero) is 2. The number of likely N-dealkylation sites (tertiary alicyclic amines) is 1. The number of piperidine rings is 1. The number of carbonyl (C=O) groups is 4. The van der Waals surface area contributed by atoms with Crippen molar-refractivity contribution in [2.24, 2.45) is 34.0 Å². The van der Waals surface area contributed by atoms with Crippen LogP contribution in [0.3, 0.4) is 0 Å². The molecule has 5 saturated carbocycles. The van der Waals surface area contributed by atoms with Gasteiger partial charge in [0.15, 0.2) is 11.9 Å². The SMILES string of the molecule is C=C1[C@@H]2C[C@H]3[C@@]45CC(=O)[C@@H](OC(C)=O)[C@@]6(C)CN(C)C4O[C@H](C[C@H]65)[C@]3(CC2=O)[C@H]1OC(=O)c1ccccc1. The molecule has 1 unspecified atom stereocenters. The van der Waals surface area contributed by atoms with E-state index in [1.807, 2.05) is 13.1 Å². The van der Waals surface area contributed by atoms with Gasteiger partial charge in [0.2, 0.25) is 0 Å². The van der Waals surface area contributed by atoms with Crippen LogP contribution < -0.4 is 0 Å². The van der Waals surface area contributed by atoms with Crippen molar-refractivity contribution in [2.75, 3.05) is 13.6 Å². The summed E-state index contributed by atoms with van der Waals surface area (Å²) >= 11 is 0. The van der Waals surface area contributed by atoms with Gasteiger partial charge in [0.1, 0.15) is 18.1 Å². The number of hydrogen-bond acceptors (Lipinski definition) is 8. The van der Waals surface area contributed by atoms with Crippen molar-refractivity contribution in [2.45, 2.75) is 64.1 Å². The van der Waals surface area contributed by atoms with Crippen LogP contribution in [0.2, 0.25) is 0 Å². The van der Waals surface area contributed by atoms with Crippen molar-refractivity contribution in [3.63, 3.8) is 0 Å². The predicted molar refractivity (Wildman–Crippen MR) is 134 cm³/mol. The van der Waals surface area contributed by atoms with Gasteiger partial charge < -0.3 is 14.2 Å². The van der Waals surface area contributed by atoms with E-state index in [0.29, 0.717) is 30.5 Å². The van der Waals surface area contributed by atoms with Gasteiger partial charge >= 0.3 is 11.9 Å². The quantitative estimate of drug-likeness (QED) is 0.444. The third-order valence-corrected chi connectivity index (χ3v) is 11.0. The van der Waals surface area contributed by atoms with Gasteiger partial charge in [-0.3, -0.25) is 19.3 Å². The summed E-state index contributed by atoms with van der Waals surface area (Å²) in [5.74, 6) is -1.27. The van der Waals surface area contributed by atoms with Crippen LogP contribution in [0.1, 0.15) is 49.9 Å². The number of ether oxygens (including phenoxy) is 3. The van der Waals surface area contributed by atoms with Crippen molar-refractivity contribution in [3.05, 3.63) is 48.0 Å². The molecule has 200 valence electrons. The highest BCUT2D eigenvalue weighted by Crippen LogP contribution is 2.77. The maximum absolute atomic E-state index is 13.8. The second-order valence-electron chi connectivity index (χ2n) is 12.8. The molecule has 8 nitrogen and oxygen atoms in total. The van der Waals surface area contributed by atoms with Gasteiger partial charge in [-0.15, -0.1) is 0 Å². The van der Waals surface area contributed by atoms with Crippen molar-refractivity contribution in [1.82, 2.24) is 4.90 Å². The summed E-state index contributed by atoms with van der Waals surface area (Å²) in [5.41, 5.74) is -0.822. The molecule has 0 radical (unpaired) electrons. The second-order valence-corrected chi connectivity index (χ2v) is 12.8. The molecule has 0 N–H and O–H groups in total. The zero-order chi connectivity index (χ0) is 26.8. The van der Waals surface area contributed by atoms with Crippen LogP contribution in [0.4, 0.5) is 0 Å². The van der Waals surface area contributed by atoms with Crippen LogP contribution in [0, 0.1) is 34.0 Å². The van der Waals surface area contributed by atoms with E-state index in [4.69, 9.17) is 14.2 Å². The first-order valence-corrected chi connectivity index (χ1v) is 13.6. The molecule has 8 heteroatoms. The van der Waals surface area contributed by atoms with Crippen LogP contribution in [0.5, 0.6) is 0 Å². The third kappa shape index (κ3) is 2.73. The first-order chi connectivity index (χ1) is 18.0. The van der Waals surface area contributed by atoms with Gasteiger partial charge in [-0.2, -0.15) is 0 Å². The van der Waals surface area contributed by atoms with Crippen LogP contribution in [0.15, 0.2) is 42.5 Å². The number of rotatable bonds is 3. The van der Waals surface area contributed by atoms with E-state index in [-0.39, 0.29) is 48.6 Å². The molecule has 1 aromatic carbocycles. The first kappa shape index (κ1) is 24.2. The summed E-state index contributed by atoms with van der Waals surface area (Å²) in [6, 6.07) is 8.86. The molecule has 0 amide bonds. The van der Waals surface area contributed by atoms with E-state index in [2.05, 4.69) is 18.4 Å². The molecule has 5 aliphatic carbocycles. The van der Waals surface area contributed by atoms with Gasteiger partial charge in [0.05, 0.1) is 11.7 Å².